The summed E-state index contributed by atoms with van der Waals surface area (Å²) in [5.41, 5.74) is 2.95. The zero-order chi connectivity index (χ0) is 13.9. The minimum atomic E-state index is 0.0546. The van der Waals surface area contributed by atoms with Gasteiger partial charge in [0.15, 0.2) is 5.78 Å². The first-order valence-corrected chi connectivity index (χ1v) is 6.89. The molecule has 0 amide bonds. The summed E-state index contributed by atoms with van der Waals surface area (Å²) in [6.45, 7) is 2.29. The van der Waals surface area contributed by atoms with Crippen molar-refractivity contribution in [2.24, 2.45) is 5.92 Å². The van der Waals surface area contributed by atoms with Crippen molar-refractivity contribution in [2.75, 3.05) is 6.61 Å². The van der Waals surface area contributed by atoms with Crippen LogP contribution in [0.1, 0.15) is 28.5 Å². The molecular formula is C17H17NO2. The van der Waals surface area contributed by atoms with Gasteiger partial charge >= 0.3 is 0 Å². The van der Waals surface area contributed by atoms with E-state index in [-0.39, 0.29) is 5.78 Å². The molecule has 102 valence electrons. The monoisotopic (exact) mass is 267 g/mol. The summed E-state index contributed by atoms with van der Waals surface area (Å²) in [5, 5.41) is 0. The Morgan fingerprint density at radius 1 is 1.30 bits per heavy atom. The fourth-order valence-electron chi connectivity index (χ4n) is 2.57. The normalized spacial score (nSPS) is 17.1. The number of ether oxygens (including phenoxy) is 1. The van der Waals surface area contributed by atoms with Crippen LogP contribution in [0.25, 0.3) is 0 Å². The number of aromatic nitrogens is 1. The molecule has 3 rings (SSSR count). The van der Waals surface area contributed by atoms with Gasteiger partial charge in [0.25, 0.3) is 0 Å². The van der Waals surface area contributed by atoms with Crippen LogP contribution in [0.4, 0.5) is 0 Å². The summed E-state index contributed by atoms with van der Waals surface area (Å²) in [6, 6.07) is 12.0. The van der Waals surface area contributed by atoms with Crippen LogP contribution in [-0.4, -0.2) is 17.4 Å². The summed E-state index contributed by atoms with van der Waals surface area (Å²) in [5.74, 6) is 1.50. The number of carbonyl (C=O) groups is 1. The summed E-state index contributed by atoms with van der Waals surface area (Å²) in [6.07, 6.45) is 3.56. The van der Waals surface area contributed by atoms with Crippen molar-refractivity contribution in [1.82, 2.24) is 4.98 Å². The fourth-order valence-corrected chi connectivity index (χ4v) is 2.57. The molecule has 1 atom stereocenters. The highest BCUT2D eigenvalue weighted by atomic mass is 16.5. The Balaban J connectivity index is 1.69. The van der Waals surface area contributed by atoms with Crippen LogP contribution >= 0.6 is 0 Å². The van der Waals surface area contributed by atoms with Gasteiger partial charge < -0.3 is 4.74 Å². The number of Topliss-reactive ketones (excluding diaryl/α,β-unsaturated/α-hetero) is 1. The molecule has 0 N–H and O–H groups in total. The number of rotatable bonds is 3. The predicted octanol–water partition coefficient (Wildman–Crippen LogP) is 3.08. The van der Waals surface area contributed by atoms with E-state index in [4.69, 9.17) is 4.74 Å². The number of fused-ring (bicyclic) bond motifs is 1. The average Bonchev–Trinajstić information content (AvgIpc) is 2.48. The van der Waals surface area contributed by atoms with Gasteiger partial charge in [-0.2, -0.15) is 0 Å². The standard InChI is InChI=1S/C17H17NO2/c1-12(19)15-6-7-16(18-10-15)9-13-8-14-4-2-3-5-17(14)20-11-13/h2-7,10,13H,8-9,11H2,1H3/t13-/m0/s1. The largest absolute Gasteiger partial charge is 0.493 e. The fraction of sp³-hybridized carbons (Fsp3) is 0.294. The second-order valence-electron chi connectivity index (χ2n) is 5.29. The molecule has 0 fully saturated rings. The zero-order valence-electron chi connectivity index (χ0n) is 11.5. The molecule has 2 heterocycles. The Kier molecular flexibility index (Phi) is 3.50. The lowest BCUT2D eigenvalue weighted by atomic mass is 9.92. The SMILES string of the molecule is CC(=O)c1ccc(C[C@H]2COc3ccccc3C2)nc1. The van der Waals surface area contributed by atoms with E-state index in [0.29, 0.717) is 11.5 Å². The Morgan fingerprint density at radius 2 is 2.15 bits per heavy atom. The highest BCUT2D eigenvalue weighted by molar-refractivity contribution is 5.93. The van der Waals surface area contributed by atoms with Crippen LogP contribution in [-0.2, 0) is 12.8 Å². The second kappa shape index (κ2) is 5.45. The van der Waals surface area contributed by atoms with E-state index >= 15 is 0 Å². The molecule has 0 radical (unpaired) electrons. The maximum absolute atomic E-state index is 11.2. The summed E-state index contributed by atoms with van der Waals surface area (Å²) in [4.78, 5) is 15.6. The molecular weight excluding hydrogens is 250 g/mol. The van der Waals surface area contributed by atoms with Gasteiger partial charge in [0.2, 0.25) is 0 Å². The molecule has 0 aliphatic carbocycles. The molecule has 2 aromatic rings. The van der Waals surface area contributed by atoms with Crippen molar-refractivity contribution in [2.45, 2.75) is 19.8 Å². The molecule has 0 spiro atoms. The molecule has 3 heteroatoms. The molecule has 1 aliphatic rings. The predicted molar refractivity (Wildman–Crippen MR) is 77.1 cm³/mol. The van der Waals surface area contributed by atoms with E-state index in [1.54, 1.807) is 13.1 Å². The topological polar surface area (TPSA) is 39.2 Å². The van der Waals surface area contributed by atoms with Gasteiger partial charge in [0.05, 0.1) is 6.61 Å². The third kappa shape index (κ3) is 2.72. The van der Waals surface area contributed by atoms with Crippen LogP contribution < -0.4 is 4.74 Å². The molecule has 3 nitrogen and oxygen atoms in total. The number of benzene rings is 1. The van der Waals surface area contributed by atoms with Crippen molar-refractivity contribution in [3.8, 4) is 5.75 Å². The van der Waals surface area contributed by atoms with Gasteiger partial charge in [-0.25, -0.2) is 0 Å². The lowest BCUT2D eigenvalue weighted by Crippen LogP contribution is -2.23. The Bertz CT molecular complexity index is 619. The van der Waals surface area contributed by atoms with E-state index < -0.39 is 0 Å². The number of hydrogen-bond acceptors (Lipinski definition) is 3. The van der Waals surface area contributed by atoms with Gasteiger partial charge in [-0.3, -0.25) is 9.78 Å². The first-order chi connectivity index (χ1) is 9.72. The number of hydrogen-bond donors (Lipinski definition) is 0. The summed E-state index contributed by atoms with van der Waals surface area (Å²) >= 11 is 0. The van der Waals surface area contributed by atoms with Gasteiger partial charge in [-0.15, -0.1) is 0 Å². The lowest BCUT2D eigenvalue weighted by molar-refractivity contribution is 0.101. The molecule has 1 aromatic carbocycles. The third-order valence-electron chi connectivity index (χ3n) is 3.68. The van der Waals surface area contributed by atoms with Gasteiger partial charge in [-0.05, 0) is 43.5 Å². The highest BCUT2D eigenvalue weighted by Crippen LogP contribution is 2.28. The maximum atomic E-state index is 11.2. The van der Waals surface area contributed by atoms with E-state index in [1.807, 2.05) is 30.3 Å². The van der Waals surface area contributed by atoms with Crippen molar-refractivity contribution in [3.63, 3.8) is 0 Å². The number of carbonyl (C=O) groups excluding carboxylic acids is 1. The first-order valence-electron chi connectivity index (χ1n) is 6.89. The number of para-hydroxylation sites is 1. The minimum absolute atomic E-state index is 0.0546. The smallest absolute Gasteiger partial charge is 0.161 e. The third-order valence-corrected chi connectivity index (χ3v) is 3.68. The van der Waals surface area contributed by atoms with Gasteiger partial charge in [0.1, 0.15) is 5.75 Å². The maximum Gasteiger partial charge on any atom is 0.161 e. The molecule has 0 saturated carbocycles. The molecule has 20 heavy (non-hydrogen) atoms. The average molecular weight is 267 g/mol. The minimum Gasteiger partial charge on any atom is -0.493 e. The first kappa shape index (κ1) is 12.9. The summed E-state index contributed by atoms with van der Waals surface area (Å²) < 4.78 is 5.79. The Hall–Kier alpha value is -2.16. The van der Waals surface area contributed by atoms with Gasteiger partial charge in [-0.1, -0.05) is 18.2 Å². The second-order valence-corrected chi connectivity index (χ2v) is 5.29. The van der Waals surface area contributed by atoms with Crippen molar-refractivity contribution in [3.05, 3.63) is 59.4 Å². The quantitative estimate of drug-likeness (QED) is 0.802. The lowest BCUT2D eigenvalue weighted by Gasteiger charge is -2.25. The number of ketones is 1. The van der Waals surface area contributed by atoms with Crippen LogP contribution in [0, 0.1) is 5.92 Å². The molecule has 0 unspecified atom stereocenters. The molecule has 0 saturated heterocycles. The van der Waals surface area contributed by atoms with E-state index in [0.717, 1.165) is 30.9 Å². The van der Waals surface area contributed by atoms with Gasteiger partial charge in [0, 0.05) is 23.4 Å². The van der Waals surface area contributed by atoms with Crippen molar-refractivity contribution in [1.29, 1.82) is 0 Å². The Labute approximate surface area is 118 Å². The van der Waals surface area contributed by atoms with Crippen LogP contribution in [0.15, 0.2) is 42.6 Å². The molecule has 1 aromatic heterocycles. The van der Waals surface area contributed by atoms with Crippen molar-refractivity contribution < 1.29 is 9.53 Å². The van der Waals surface area contributed by atoms with Crippen molar-refractivity contribution >= 4 is 5.78 Å². The van der Waals surface area contributed by atoms with E-state index in [2.05, 4.69) is 11.1 Å². The van der Waals surface area contributed by atoms with Crippen LogP contribution in [0.2, 0.25) is 0 Å². The zero-order valence-corrected chi connectivity index (χ0v) is 11.5. The molecule has 1 aliphatic heterocycles. The van der Waals surface area contributed by atoms with E-state index in [1.165, 1.54) is 5.56 Å². The van der Waals surface area contributed by atoms with Crippen LogP contribution in [0.5, 0.6) is 5.75 Å². The Morgan fingerprint density at radius 3 is 2.90 bits per heavy atom. The number of nitrogens with zero attached hydrogens (tertiary/aromatic N) is 1. The molecule has 0 bridgehead atoms. The highest BCUT2D eigenvalue weighted by Gasteiger charge is 2.20. The summed E-state index contributed by atoms with van der Waals surface area (Å²) in [7, 11) is 0. The van der Waals surface area contributed by atoms with Crippen LogP contribution in [0.3, 0.4) is 0 Å². The van der Waals surface area contributed by atoms with E-state index in [9.17, 15) is 4.79 Å². The number of pyridine rings is 1.